The van der Waals surface area contributed by atoms with Gasteiger partial charge in [-0.1, -0.05) is 30.0 Å². The minimum absolute atomic E-state index is 0.0730. The van der Waals surface area contributed by atoms with Crippen LogP contribution in [0.5, 0.6) is 0 Å². The van der Waals surface area contributed by atoms with Crippen LogP contribution in [-0.2, 0) is 14.3 Å². The number of carbonyl (C=O) groups excluding carboxylic acids is 3. The van der Waals surface area contributed by atoms with Crippen LogP contribution in [0.25, 0.3) is 16.6 Å². The smallest absolute Gasteiger partial charge is 0.344 e. The highest BCUT2D eigenvalue weighted by atomic mass is 32.2. The molecule has 0 saturated heterocycles. The largest absolute Gasteiger partial charge is 0.462 e. The number of hydrogen-bond donors (Lipinski definition) is 1. The monoisotopic (exact) mass is 510 g/mol. The molecule has 1 aromatic carbocycles. The Balaban J connectivity index is 1.63. The molecule has 0 spiro atoms. The second kappa shape index (κ2) is 10.4. The van der Waals surface area contributed by atoms with Gasteiger partial charge in [-0.25, -0.2) is 9.59 Å². The topological polar surface area (TPSA) is 125 Å². The number of ether oxygens (including phenoxy) is 2. The number of furan rings is 1. The molecule has 0 aliphatic rings. The highest BCUT2D eigenvalue weighted by molar-refractivity contribution is 8.00. The van der Waals surface area contributed by atoms with E-state index in [4.69, 9.17) is 13.9 Å². The van der Waals surface area contributed by atoms with Crippen molar-refractivity contribution >= 4 is 52.0 Å². The summed E-state index contributed by atoms with van der Waals surface area (Å²) in [4.78, 5) is 38.2. The molecule has 0 saturated carbocycles. The maximum atomic E-state index is 13.1. The number of aryl methyl sites for hydroxylation is 2. The van der Waals surface area contributed by atoms with E-state index in [0.29, 0.717) is 10.8 Å². The van der Waals surface area contributed by atoms with Gasteiger partial charge >= 0.3 is 11.9 Å². The zero-order valence-electron chi connectivity index (χ0n) is 20.6. The second-order valence-electron chi connectivity index (χ2n) is 7.95. The lowest BCUT2D eigenvalue weighted by atomic mass is 10.1. The van der Waals surface area contributed by atoms with Crippen LogP contribution in [0.4, 0.5) is 5.88 Å². The predicted octanol–water partition coefficient (Wildman–Crippen LogP) is 4.57. The Morgan fingerprint density at radius 1 is 1.06 bits per heavy atom. The van der Waals surface area contributed by atoms with Crippen LogP contribution >= 0.6 is 11.8 Å². The maximum absolute atomic E-state index is 13.1. The van der Waals surface area contributed by atoms with Gasteiger partial charge in [0.1, 0.15) is 16.9 Å². The fraction of sp³-hybridized carbons (Fsp3) is 0.320. The molecule has 11 heteroatoms. The first-order chi connectivity index (χ1) is 17.3. The molecule has 1 unspecified atom stereocenters. The number of pyridine rings is 1. The third-order valence-electron chi connectivity index (χ3n) is 5.51. The molecule has 0 aliphatic carbocycles. The van der Waals surface area contributed by atoms with Crippen LogP contribution < -0.4 is 5.32 Å². The Morgan fingerprint density at radius 3 is 2.42 bits per heavy atom. The van der Waals surface area contributed by atoms with Crippen molar-refractivity contribution in [3.63, 3.8) is 0 Å². The quantitative estimate of drug-likeness (QED) is 0.268. The van der Waals surface area contributed by atoms with Gasteiger partial charge in [0.2, 0.25) is 11.8 Å². The van der Waals surface area contributed by atoms with Gasteiger partial charge in [-0.3, -0.25) is 14.5 Å². The molecule has 4 aromatic rings. The van der Waals surface area contributed by atoms with Crippen molar-refractivity contribution in [1.82, 2.24) is 14.6 Å². The maximum Gasteiger partial charge on any atom is 0.344 e. The van der Waals surface area contributed by atoms with Crippen molar-refractivity contribution in [2.75, 3.05) is 18.5 Å². The molecule has 188 valence electrons. The lowest BCUT2D eigenvalue weighted by Crippen LogP contribution is -2.24. The second-order valence-corrected chi connectivity index (χ2v) is 9.26. The molecule has 3 aromatic heterocycles. The number of benzene rings is 1. The molecule has 0 bridgehead atoms. The van der Waals surface area contributed by atoms with Gasteiger partial charge in [-0.05, 0) is 52.3 Å². The minimum Gasteiger partial charge on any atom is -0.462 e. The van der Waals surface area contributed by atoms with Crippen LogP contribution in [-0.4, -0.2) is 50.9 Å². The van der Waals surface area contributed by atoms with Crippen molar-refractivity contribution in [3.8, 4) is 0 Å². The zero-order chi connectivity index (χ0) is 26.0. The number of carbonyl (C=O) groups is 3. The molecular formula is C25H26N4O6S. The molecule has 3 heterocycles. The number of hydrogen-bond acceptors (Lipinski definition) is 9. The number of rotatable bonds is 8. The van der Waals surface area contributed by atoms with E-state index >= 15 is 0 Å². The Morgan fingerprint density at radius 2 is 1.72 bits per heavy atom. The third-order valence-corrected chi connectivity index (χ3v) is 6.55. The highest BCUT2D eigenvalue weighted by Gasteiger charge is 2.32. The molecule has 0 radical (unpaired) electrons. The van der Waals surface area contributed by atoms with Crippen LogP contribution in [0.15, 0.2) is 39.9 Å². The summed E-state index contributed by atoms with van der Waals surface area (Å²) >= 11 is 1.21. The molecule has 1 atom stereocenters. The molecule has 36 heavy (non-hydrogen) atoms. The van der Waals surface area contributed by atoms with Gasteiger partial charge in [0.05, 0.1) is 24.0 Å². The van der Waals surface area contributed by atoms with Gasteiger partial charge in [0.15, 0.2) is 10.8 Å². The molecular weight excluding hydrogens is 484 g/mol. The van der Waals surface area contributed by atoms with Crippen LogP contribution in [0.3, 0.4) is 0 Å². The summed E-state index contributed by atoms with van der Waals surface area (Å²) in [6, 6.07) is 9.83. The summed E-state index contributed by atoms with van der Waals surface area (Å²) in [5, 5.41) is 12.1. The first-order valence-corrected chi connectivity index (χ1v) is 12.3. The fourth-order valence-corrected chi connectivity index (χ4v) is 4.72. The molecule has 0 fully saturated rings. The van der Waals surface area contributed by atoms with Crippen molar-refractivity contribution in [3.05, 3.63) is 52.8 Å². The van der Waals surface area contributed by atoms with E-state index in [2.05, 4.69) is 15.5 Å². The molecule has 1 N–H and O–H groups in total. The number of thioether (sulfide) groups is 1. The number of amides is 1. The first-order valence-electron chi connectivity index (χ1n) is 11.4. The van der Waals surface area contributed by atoms with Crippen molar-refractivity contribution in [2.24, 2.45) is 0 Å². The van der Waals surface area contributed by atoms with Crippen molar-refractivity contribution in [2.45, 2.75) is 45.0 Å². The van der Waals surface area contributed by atoms with Gasteiger partial charge < -0.3 is 13.9 Å². The number of para-hydroxylation sites is 1. The lowest BCUT2D eigenvalue weighted by molar-refractivity contribution is -0.115. The molecule has 1 amide bonds. The average molecular weight is 511 g/mol. The van der Waals surface area contributed by atoms with Gasteiger partial charge in [0, 0.05) is 5.39 Å². The fourth-order valence-electron chi connectivity index (χ4n) is 3.86. The van der Waals surface area contributed by atoms with E-state index in [1.807, 2.05) is 41.7 Å². The Kier molecular flexibility index (Phi) is 7.30. The Bertz CT molecular complexity index is 1470. The third kappa shape index (κ3) is 4.66. The summed E-state index contributed by atoms with van der Waals surface area (Å²) < 4.78 is 17.6. The summed E-state index contributed by atoms with van der Waals surface area (Å²) in [6.07, 6.45) is 0. The lowest BCUT2D eigenvalue weighted by Gasteiger charge is -2.12. The summed E-state index contributed by atoms with van der Waals surface area (Å²) in [6.45, 7) is 8.70. The van der Waals surface area contributed by atoms with Gasteiger partial charge in [0.25, 0.3) is 0 Å². The van der Waals surface area contributed by atoms with Gasteiger partial charge in [-0.15, -0.1) is 10.2 Å². The zero-order valence-corrected chi connectivity index (χ0v) is 21.4. The number of nitrogens with zero attached hydrogens (tertiary/aromatic N) is 3. The van der Waals surface area contributed by atoms with Crippen LogP contribution in [0.2, 0.25) is 0 Å². The van der Waals surface area contributed by atoms with Gasteiger partial charge in [-0.2, -0.15) is 0 Å². The standard InChI is InChI=1S/C25H26N4O6S/c1-6-33-23(31)19-14(4)35-22(20(19)24(32)34-7-2)26-21(30)15(5)36-25-28-27-18-12-13(3)16-10-8-9-11-17(16)29(18)25/h8-12,15H,6-7H2,1-5H3,(H,26,30). The van der Waals surface area contributed by atoms with E-state index in [9.17, 15) is 14.4 Å². The summed E-state index contributed by atoms with van der Waals surface area (Å²) in [5.74, 6) is -2.01. The van der Waals surface area contributed by atoms with Crippen molar-refractivity contribution in [1.29, 1.82) is 0 Å². The SMILES string of the molecule is CCOC(=O)c1c(C)oc(NC(=O)C(C)Sc2nnc3cc(C)c4ccccc4n23)c1C(=O)OCC. The average Bonchev–Trinajstić information content (AvgIpc) is 3.39. The summed E-state index contributed by atoms with van der Waals surface area (Å²) in [5.41, 5.74) is 2.43. The van der Waals surface area contributed by atoms with E-state index in [1.165, 1.54) is 18.7 Å². The number of aromatic nitrogens is 3. The Labute approximate surface area is 211 Å². The molecule has 4 rings (SSSR count). The molecule has 0 aliphatic heterocycles. The van der Waals surface area contributed by atoms with Crippen molar-refractivity contribution < 1.29 is 28.3 Å². The minimum atomic E-state index is -0.793. The number of esters is 2. The Hall–Kier alpha value is -3.86. The first kappa shape index (κ1) is 25.2. The van der Waals surface area contributed by atoms with Crippen LogP contribution in [0, 0.1) is 13.8 Å². The van der Waals surface area contributed by atoms with E-state index in [-0.39, 0.29) is 36.0 Å². The number of fused-ring (bicyclic) bond motifs is 3. The number of anilines is 1. The number of nitrogens with one attached hydrogen (secondary N) is 1. The highest BCUT2D eigenvalue weighted by Crippen LogP contribution is 2.31. The molecule has 10 nitrogen and oxygen atoms in total. The van der Waals surface area contributed by atoms with Crippen LogP contribution in [0.1, 0.15) is 52.8 Å². The van der Waals surface area contributed by atoms with E-state index in [0.717, 1.165) is 16.5 Å². The normalized spacial score (nSPS) is 12.0. The summed E-state index contributed by atoms with van der Waals surface area (Å²) in [7, 11) is 0. The predicted molar refractivity (Wildman–Crippen MR) is 135 cm³/mol. The van der Waals surface area contributed by atoms with E-state index < -0.39 is 23.1 Å². The van der Waals surface area contributed by atoms with E-state index in [1.54, 1.807) is 20.8 Å².